The van der Waals surface area contributed by atoms with Crippen molar-refractivity contribution in [2.75, 3.05) is 36.4 Å². The van der Waals surface area contributed by atoms with Gasteiger partial charge in [-0.2, -0.15) is 10.4 Å². The van der Waals surface area contributed by atoms with Gasteiger partial charge in [-0.05, 0) is 74.8 Å². The molecule has 0 amide bonds. The van der Waals surface area contributed by atoms with E-state index in [0.717, 1.165) is 64.3 Å². The number of aromatic nitrogens is 4. The quantitative estimate of drug-likeness (QED) is 0.320. The Morgan fingerprint density at radius 1 is 1.28 bits per heavy atom. The van der Waals surface area contributed by atoms with Gasteiger partial charge in [0.1, 0.15) is 18.5 Å². The Hall–Kier alpha value is -3.35. The minimum atomic E-state index is -0.606. The van der Waals surface area contributed by atoms with Gasteiger partial charge in [0, 0.05) is 16.8 Å². The van der Waals surface area contributed by atoms with E-state index in [9.17, 15) is 5.26 Å². The van der Waals surface area contributed by atoms with E-state index >= 15 is 0 Å². The monoisotopic (exact) mass is 504 g/mol. The van der Waals surface area contributed by atoms with Crippen LogP contribution in [0.5, 0.6) is 0 Å². The first-order chi connectivity index (χ1) is 17.3. The molecule has 8 nitrogen and oxygen atoms in total. The molecule has 36 heavy (non-hydrogen) atoms. The van der Waals surface area contributed by atoms with E-state index in [1.165, 1.54) is 6.39 Å². The number of nitrogens with zero attached hydrogens (tertiary/aromatic N) is 5. The number of fused-ring (bicyclic) bond motifs is 2. The summed E-state index contributed by atoms with van der Waals surface area (Å²) in [7, 11) is -0.606. The fraction of sp³-hybridized carbons (Fsp3) is 0.407. The molecular weight excluding hydrogens is 472 g/mol. The van der Waals surface area contributed by atoms with Gasteiger partial charge in [-0.1, -0.05) is 0 Å². The lowest BCUT2D eigenvalue weighted by Gasteiger charge is -2.27. The van der Waals surface area contributed by atoms with Crippen LogP contribution >= 0.6 is 10.0 Å². The number of nitriles is 1. The molecule has 0 saturated carbocycles. The molecule has 1 aliphatic rings. The Kier molecular flexibility index (Phi) is 6.73. The minimum absolute atomic E-state index is 0.0876. The maximum Gasteiger partial charge on any atom is 0.181 e. The van der Waals surface area contributed by atoms with Gasteiger partial charge in [0.05, 0.1) is 41.3 Å². The molecule has 3 heterocycles. The Bertz CT molecular complexity index is 1420. The van der Waals surface area contributed by atoms with Crippen LogP contribution < -0.4 is 5.32 Å². The largest absolute Gasteiger partial charge is 0.442 e. The predicted molar refractivity (Wildman–Crippen MR) is 144 cm³/mol. The second-order valence-corrected chi connectivity index (χ2v) is 14.7. The Morgan fingerprint density at radius 2 is 2.14 bits per heavy atom. The number of hydrogen-bond donors (Lipinski definition) is 1. The summed E-state index contributed by atoms with van der Waals surface area (Å²) in [5, 5.41) is 18.9. The molecule has 9 heteroatoms. The van der Waals surface area contributed by atoms with E-state index in [1.807, 2.05) is 17.7 Å². The zero-order chi connectivity index (χ0) is 25.3. The van der Waals surface area contributed by atoms with Crippen molar-refractivity contribution in [3.8, 4) is 17.5 Å². The molecule has 188 valence electrons. The zero-order valence-corrected chi connectivity index (χ0v) is 22.1. The van der Waals surface area contributed by atoms with Crippen molar-refractivity contribution in [1.29, 1.82) is 5.26 Å². The lowest BCUT2D eigenvalue weighted by Crippen LogP contribution is -2.20. The molecule has 5 rings (SSSR count). The highest BCUT2D eigenvalue weighted by atomic mass is 32.3. The van der Waals surface area contributed by atoms with Crippen LogP contribution in [0.25, 0.3) is 22.4 Å². The van der Waals surface area contributed by atoms with Crippen molar-refractivity contribution in [1.82, 2.24) is 19.7 Å². The van der Waals surface area contributed by atoms with Crippen molar-refractivity contribution in [2.24, 2.45) is 0 Å². The van der Waals surface area contributed by atoms with Gasteiger partial charge in [0.25, 0.3) is 0 Å². The number of ether oxygens (including phenoxy) is 1. The van der Waals surface area contributed by atoms with Crippen molar-refractivity contribution in [3.63, 3.8) is 0 Å². The average Bonchev–Trinajstić information content (AvgIpc) is 3.49. The number of nitrogens with one attached hydrogen (secondary N) is 1. The lowest BCUT2D eigenvalue weighted by atomic mass is 9.90. The number of oxazole rings is 1. The zero-order valence-electron chi connectivity index (χ0n) is 21.2. The second-order valence-electron chi connectivity index (χ2n) is 10.1. The van der Waals surface area contributed by atoms with Crippen LogP contribution in [-0.4, -0.2) is 50.9 Å². The van der Waals surface area contributed by atoms with E-state index in [-0.39, 0.29) is 6.04 Å². The average molecular weight is 505 g/mol. The highest BCUT2D eigenvalue weighted by Crippen LogP contribution is 2.36. The van der Waals surface area contributed by atoms with E-state index in [1.54, 1.807) is 6.20 Å². The number of pyridine rings is 1. The minimum Gasteiger partial charge on any atom is -0.442 e. The summed E-state index contributed by atoms with van der Waals surface area (Å²) in [5.41, 5.74) is 6.35. The van der Waals surface area contributed by atoms with Crippen molar-refractivity contribution < 1.29 is 9.15 Å². The first-order valence-corrected chi connectivity index (χ1v) is 15.2. The standard InChI is InChI=1S/C27H32N6O2S/c1-18-20(14-28)12-19-6-5-7-23(26(19)30-18)31-21-8-9-24-22(13-21)27(25-15-29-16-35-25)32-33(24)17-34-10-11-36(2,3)4/h8-9,12-13,15-16,23,31H,5-7,10-11,17H2,1-4H3. The molecule has 1 atom stereocenters. The summed E-state index contributed by atoms with van der Waals surface area (Å²) < 4.78 is 13.5. The molecular formula is C27H32N6O2S. The molecule has 0 radical (unpaired) electrons. The van der Waals surface area contributed by atoms with Crippen LogP contribution in [0.15, 0.2) is 41.3 Å². The van der Waals surface area contributed by atoms with Crippen molar-refractivity contribution >= 4 is 26.6 Å². The molecule has 0 spiro atoms. The maximum absolute atomic E-state index is 9.40. The first-order valence-electron chi connectivity index (χ1n) is 12.1. The number of aryl methyl sites for hydroxylation is 2. The Balaban J connectivity index is 1.44. The summed E-state index contributed by atoms with van der Waals surface area (Å²) >= 11 is 0. The highest BCUT2D eigenvalue weighted by molar-refractivity contribution is 8.32. The van der Waals surface area contributed by atoms with E-state index in [2.05, 4.69) is 53.3 Å². The van der Waals surface area contributed by atoms with Crippen LogP contribution in [0.1, 0.15) is 41.4 Å². The Morgan fingerprint density at radius 3 is 2.89 bits per heavy atom. The molecule has 3 aromatic heterocycles. The molecule has 0 saturated heterocycles. The van der Waals surface area contributed by atoms with Crippen LogP contribution in [-0.2, 0) is 17.9 Å². The van der Waals surface area contributed by atoms with Gasteiger partial charge in [0.2, 0.25) is 0 Å². The molecule has 0 fully saturated rings. The molecule has 0 bridgehead atoms. The van der Waals surface area contributed by atoms with Gasteiger partial charge in [0.15, 0.2) is 12.2 Å². The number of hydrogen-bond acceptors (Lipinski definition) is 7. The van der Waals surface area contributed by atoms with Gasteiger partial charge >= 0.3 is 0 Å². The third-order valence-electron chi connectivity index (χ3n) is 6.53. The topological polar surface area (TPSA) is 102 Å². The first kappa shape index (κ1) is 24.3. The van der Waals surface area contributed by atoms with E-state index < -0.39 is 10.0 Å². The molecule has 1 aromatic carbocycles. The molecule has 1 N–H and O–H groups in total. The van der Waals surface area contributed by atoms with E-state index in [4.69, 9.17) is 19.2 Å². The van der Waals surface area contributed by atoms with Crippen molar-refractivity contribution in [2.45, 2.75) is 39.0 Å². The lowest BCUT2D eigenvalue weighted by molar-refractivity contribution is 0.0842. The summed E-state index contributed by atoms with van der Waals surface area (Å²) in [6, 6.07) is 10.6. The van der Waals surface area contributed by atoms with Crippen LogP contribution in [0.2, 0.25) is 0 Å². The third-order valence-corrected chi connectivity index (χ3v) is 7.92. The number of benzene rings is 1. The Labute approximate surface area is 213 Å². The van der Waals surface area contributed by atoms with Crippen LogP contribution in [0.4, 0.5) is 5.69 Å². The predicted octanol–water partition coefficient (Wildman–Crippen LogP) is 5.42. The fourth-order valence-electron chi connectivity index (χ4n) is 4.60. The smallest absolute Gasteiger partial charge is 0.181 e. The van der Waals surface area contributed by atoms with Gasteiger partial charge in [-0.15, -0.1) is 0 Å². The highest BCUT2D eigenvalue weighted by Gasteiger charge is 2.24. The SMILES string of the molecule is Cc1nc2c(cc1C#N)CCCC2Nc1ccc2c(c1)c(-c1cnco1)nn2COCCS(C)(C)C. The van der Waals surface area contributed by atoms with Gasteiger partial charge < -0.3 is 14.5 Å². The third kappa shape index (κ3) is 5.11. The number of rotatable bonds is 8. The van der Waals surface area contributed by atoms with Crippen molar-refractivity contribution in [3.05, 3.63) is 59.4 Å². The summed E-state index contributed by atoms with van der Waals surface area (Å²) in [6.07, 6.45) is 13.0. The fourth-order valence-corrected chi connectivity index (χ4v) is 5.22. The normalized spacial score (nSPS) is 16.0. The maximum atomic E-state index is 9.40. The molecule has 1 unspecified atom stereocenters. The summed E-state index contributed by atoms with van der Waals surface area (Å²) in [4.78, 5) is 8.90. The molecule has 1 aliphatic carbocycles. The van der Waals surface area contributed by atoms with Gasteiger partial charge in [-0.25, -0.2) is 19.7 Å². The van der Waals surface area contributed by atoms with E-state index in [0.29, 0.717) is 24.7 Å². The van der Waals surface area contributed by atoms with Crippen LogP contribution in [0.3, 0.4) is 0 Å². The second kappa shape index (κ2) is 9.96. The number of anilines is 1. The van der Waals surface area contributed by atoms with Gasteiger partial charge in [-0.3, -0.25) is 4.98 Å². The summed E-state index contributed by atoms with van der Waals surface area (Å²) in [5.74, 6) is 1.68. The van der Waals surface area contributed by atoms with Crippen LogP contribution in [0, 0.1) is 18.3 Å². The summed E-state index contributed by atoms with van der Waals surface area (Å²) in [6.45, 7) is 2.99. The molecule has 4 aromatic rings. The molecule has 0 aliphatic heterocycles.